The Morgan fingerprint density at radius 1 is 1.28 bits per heavy atom. The van der Waals surface area contributed by atoms with Crippen LogP contribution >= 0.6 is 0 Å². The monoisotopic (exact) mass is 247 g/mol. The minimum atomic E-state index is -0.203. The van der Waals surface area contributed by atoms with E-state index in [-0.39, 0.29) is 5.82 Å². The van der Waals surface area contributed by atoms with E-state index in [0.717, 1.165) is 18.5 Å². The number of hydrogen-bond donors (Lipinski definition) is 1. The van der Waals surface area contributed by atoms with Crippen LogP contribution in [0.25, 0.3) is 0 Å². The van der Waals surface area contributed by atoms with Crippen LogP contribution < -0.4 is 5.32 Å². The molecular formula is C14H18FN3. The van der Waals surface area contributed by atoms with Crippen molar-refractivity contribution < 1.29 is 4.39 Å². The summed E-state index contributed by atoms with van der Waals surface area (Å²) < 4.78 is 14.8. The first-order valence-corrected chi connectivity index (χ1v) is 6.17. The lowest BCUT2D eigenvalue weighted by molar-refractivity contribution is 0.620. The molecule has 0 aliphatic rings. The van der Waals surface area contributed by atoms with Crippen molar-refractivity contribution in [1.82, 2.24) is 15.1 Å². The fourth-order valence-electron chi connectivity index (χ4n) is 2.10. The molecule has 0 unspecified atom stereocenters. The van der Waals surface area contributed by atoms with Crippen LogP contribution in [0.4, 0.5) is 4.39 Å². The average molecular weight is 247 g/mol. The third-order valence-electron chi connectivity index (χ3n) is 2.98. The quantitative estimate of drug-likeness (QED) is 0.879. The summed E-state index contributed by atoms with van der Waals surface area (Å²) in [6.07, 6.45) is 2.84. The van der Waals surface area contributed by atoms with E-state index in [1.807, 2.05) is 17.9 Å². The van der Waals surface area contributed by atoms with Crippen molar-refractivity contribution >= 4 is 0 Å². The number of aromatic nitrogens is 2. The van der Waals surface area contributed by atoms with E-state index in [9.17, 15) is 4.39 Å². The van der Waals surface area contributed by atoms with Crippen molar-refractivity contribution in [3.05, 3.63) is 53.1 Å². The lowest BCUT2D eigenvalue weighted by Crippen LogP contribution is -2.10. The molecule has 96 valence electrons. The first-order valence-electron chi connectivity index (χ1n) is 6.17. The Labute approximate surface area is 107 Å². The third kappa shape index (κ3) is 2.76. The predicted molar refractivity (Wildman–Crippen MR) is 69.9 cm³/mol. The second-order valence-electron chi connectivity index (χ2n) is 4.28. The molecule has 1 N–H and O–H groups in total. The van der Waals surface area contributed by atoms with Crippen molar-refractivity contribution in [2.75, 3.05) is 7.05 Å². The van der Waals surface area contributed by atoms with Crippen LogP contribution in [0.15, 0.2) is 30.5 Å². The van der Waals surface area contributed by atoms with E-state index < -0.39 is 0 Å². The van der Waals surface area contributed by atoms with E-state index in [1.54, 1.807) is 12.1 Å². The summed E-state index contributed by atoms with van der Waals surface area (Å²) >= 11 is 0. The van der Waals surface area contributed by atoms with Gasteiger partial charge in [0, 0.05) is 17.8 Å². The van der Waals surface area contributed by atoms with Crippen molar-refractivity contribution in [3.8, 4) is 0 Å². The number of rotatable bonds is 5. The summed E-state index contributed by atoms with van der Waals surface area (Å²) in [7, 11) is 1.93. The lowest BCUT2D eigenvalue weighted by Gasteiger charge is -2.08. The maximum absolute atomic E-state index is 12.8. The van der Waals surface area contributed by atoms with E-state index in [0.29, 0.717) is 6.54 Å². The summed E-state index contributed by atoms with van der Waals surface area (Å²) in [5, 5.41) is 7.55. The van der Waals surface area contributed by atoms with Gasteiger partial charge in [-0.3, -0.25) is 4.68 Å². The number of benzene rings is 1. The van der Waals surface area contributed by atoms with Gasteiger partial charge in [0.15, 0.2) is 0 Å². The average Bonchev–Trinajstić information content (AvgIpc) is 2.75. The van der Waals surface area contributed by atoms with Crippen LogP contribution in [-0.4, -0.2) is 16.8 Å². The van der Waals surface area contributed by atoms with E-state index in [2.05, 4.69) is 17.3 Å². The maximum atomic E-state index is 12.8. The summed E-state index contributed by atoms with van der Waals surface area (Å²) in [6.45, 7) is 3.64. The minimum Gasteiger partial charge on any atom is -0.316 e. The molecule has 0 amide bonds. The highest BCUT2D eigenvalue weighted by Crippen LogP contribution is 2.12. The largest absolute Gasteiger partial charge is 0.316 e. The van der Waals surface area contributed by atoms with E-state index in [1.165, 1.54) is 23.4 Å². The molecule has 1 aromatic carbocycles. The Kier molecular flexibility index (Phi) is 4.10. The summed E-state index contributed by atoms with van der Waals surface area (Å²) in [5.41, 5.74) is 3.51. The molecule has 18 heavy (non-hydrogen) atoms. The number of nitrogens with zero attached hydrogens (tertiary/aromatic N) is 2. The number of hydrogen-bond acceptors (Lipinski definition) is 2. The molecule has 3 nitrogen and oxygen atoms in total. The second kappa shape index (κ2) is 5.78. The lowest BCUT2D eigenvalue weighted by atomic mass is 10.2. The Bertz CT molecular complexity index is 502. The van der Waals surface area contributed by atoms with Crippen molar-refractivity contribution in [1.29, 1.82) is 0 Å². The molecule has 0 aliphatic carbocycles. The van der Waals surface area contributed by atoms with Gasteiger partial charge in [0.05, 0.1) is 12.7 Å². The maximum Gasteiger partial charge on any atom is 0.123 e. The normalized spacial score (nSPS) is 10.8. The molecule has 2 aromatic rings. The molecule has 0 saturated heterocycles. The zero-order chi connectivity index (χ0) is 13.0. The Balaban J connectivity index is 2.20. The van der Waals surface area contributed by atoms with Gasteiger partial charge in [-0.2, -0.15) is 5.10 Å². The van der Waals surface area contributed by atoms with Crippen LogP contribution in [0.2, 0.25) is 0 Å². The molecule has 0 fully saturated rings. The number of nitrogens with one attached hydrogen (secondary N) is 1. The molecule has 1 heterocycles. The Morgan fingerprint density at radius 2 is 2.00 bits per heavy atom. The van der Waals surface area contributed by atoms with Gasteiger partial charge >= 0.3 is 0 Å². The highest BCUT2D eigenvalue weighted by Gasteiger charge is 2.08. The van der Waals surface area contributed by atoms with Gasteiger partial charge in [-0.25, -0.2) is 4.39 Å². The molecule has 0 bridgehead atoms. The van der Waals surface area contributed by atoms with Crippen LogP contribution in [0, 0.1) is 5.82 Å². The molecule has 1 aromatic heterocycles. The molecule has 4 heteroatoms. The summed E-state index contributed by atoms with van der Waals surface area (Å²) in [5.74, 6) is -0.203. The zero-order valence-corrected chi connectivity index (χ0v) is 10.8. The second-order valence-corrected chi connectivity index (χ2v) is 4.28. The molecule has 2 rings (SSSR count). The number of halogens is 1. The topological polar surface area (TPSA) is 29.9 Å². The van der Waals surface area contributed by atoms with Gasteiger partial charge in [-0.05, 0) is 31.2 Å². The Morgan fingerprint density at radius 3 is 2.61 bits per heavy atom. The molecular weight excluding hydrogens is 229 g/mol. The molecule has 0 saturated carbocycles. The van der Waals surface area contributed by atoms with Gasteiger partial charge in [0.1, 0.15) is 5.82 Å². The molecule has 0 radical (unpaired) electrons. The van der Waals surface area contributed by atoms with E-state index in [4.69, 9.17) is 0 Å². The van der Waals surface area contributed by atoms with Crippen molar-refractivity contribution in [2.24, 2.45) is 0 Å². The minimum absolute atomic E-state index is 0.203. The standard InChI is InChI=1S/C14H18FN3/c1-3-14-12(8-16-2)9-17-18(14)10-11-4-6-13(15)7-5-11/h4-7,9,16H,3,8,10H2,1-2H3. The predicted octanol–water partition coefficient (Wildman–Crippen LogP) is 2.35. The van der Waals surface area contributed by atoms with Gasteiger partial charge in [-0.1, -0.05) is 19.1 Å². The molecule has 0 aliphatic heterocycles. The van der Waals surface area contributed by atoms with Gasteiger partial charge in [-0.15, -0.1) is 0 Å². The fraction of sp³-hybridized carbons (Fsp3) is 0.357. The van der Waals surface area contributed by atoms with Gasteiger partial charge in [0.25, 0.3) is 0 Å². The molecule has 0 atom stereocenters. The first kappa shape index (κ1) is 12.8. The first-order chi connectivity index (χ1) is 8.74. The highest BCUT2D eigenvalue weighted by molar-refractivity contribution is 5.21. The SMILES string of the molecule is CCc1c(CNC)cnn1Cc1ccc(F)cc1. The summed E-state index contributed by atoms with van der Waals surface area (Å²) in [6, 6.07) is 6.57. The van der Waals surface area contributed by atoms with Crippen LogP contribution in [0.3, 0.4) is 0 Å². The third-order valence-corrected chi connectivity index (χ3v) is 2.98. The fourth-order valence-corrected chi connectivity index (χ4v) is 2.10. The zero-order valence-electron chi connectivity index (χ0n) is 10.8. The van der Waals surface area contributed by atoms with Crippen molar-refractivity contribution in [2.45, 2.75) is 26.4 Å². The Hall–Kier alpha value is -1.68. The van der Waals surface area contributed by atoms with Crippen molar-refractivity contribution in [3.63, 3.8) is 0 Å². The van der Waals surface area contributed by atoms with Crippen LogP contribution in [0.1, 0.15) is 23.7 Å². The van der Waals surface area contributed by atoms with Gasteiger partial charge in [0.2, 0.25) is 0 Å². The van der Waals surface area contributed by atoms with Crippen LogP contribution in [0.5, 0.6) is 0 Å². The smallest absolute Gasteiger partial charge is 0.123 e. The van der Waals surface area contributed by atoms with Gasteiger partial charge < -0.3 is 5.32 Å². The van der Waals surface area contributed by atoms with E-state index >= 15 is 0 Å². The summed E-state index contributed by atoms with van der Waals surface area (Å²) in [4.78, 5) is 0. The van der Waals surface area contributed by atoms with Crippen LogP contribution in [-0.2, 0) is 19.5 Å². The highest BCUT2D eigenvalue weighted by atomic mass is 19.1. The molecule has 0 spiro atoms.